The molecule has 7 nitrogen and oxygen atoms in total. The van der Waals surface area contributed by atoms with E-state index in [-0.39, 0.29) is 6.42 Å². The Morgan fingerprint density at radius 1 is 0.925 bits per heavy atom. The number of terminal acetylenes is 1. The number of amides is 3. The topological polar surface area (TPSA) is 87.7 Å². The molecule has 2 unspecified atom stereocenters. The van der Waals surface area contributed by atoms with Gasteiger partial charge in [0.15, 0.2) is 0 Å². The molecule has 0 heterocycles. The molecule has 3 aromatic carbocycles. The standard InChI is InChI=1S/C33H37N3O4/c1-8-36(31(38)27(21-25-17-10-9-11-18-25)34-32(39)40-33(5,6)7)29(26-19-12-14-22(2)20-26)30(37)35-28-23(3)15-13-16-24(28)4/h1,9-20,27,29H,21H2,2-7H3,(H,34,39)(H,35,37). The average Bonchev–Trinajstić information content (AvgIpc) is 2.88. The molecule has 2 N–H and O–H groups in total. The van der Waals surface area contributed by atoms with Crippen LogP contribution in [0.1, 0.15) is 54.6 Å². The Morgan fingerprint density at radius 2 is 1.55 bits per heavy atom. The quantitative estimate of drug-likeness (QED) is 0.278. The van der Waals surface area contributed by atoms with Crippen molar-refractivity contribution in [2.24, 2.45) is 0 Å². The summed E-state index contributed by atoms with van der Waals surface area (Å²) in [5.41, 5.74) is 3.89. The van der Waals surface area contributed by atoms with Gasteiger partial charge in [0.1, 0.15) is 17.7 Å². The lowest BCUT2D eigenvalue weighted by molar-refractivity contribution is -0.136. The van der Waals surface area contributed by atoms with E-state index in [1.54, 1.807) is 26.8 Å². The van der Waals surface area contributed by atoms with Gasteiger partial charge in [-0.2, -0.15) is 0 Å². The van der Waals surface area contributed by atoms with Gasteiger partial charge in [0.2, 0.25) is 0 Å². The molecule has 0 aliphatic heterocycles. The maximum atomic E-state index is 14.1. The van der Waals surface area contributed by atoms with Crippen LogP contribution in [0.15, 0.2) is 72.8 Å². The van der Waals surface area contributed by atoms with E-state index in [1.807, 2.05) is 87.5 Å². The lowest BCUT2D eigenvalue weighted by Crippen LogP contribution is -2.51. The van der Waals surface area contributed by atoms with Gasteiger partial charge in [0.25, 0.3) is 11.8 Å². The summed E-state index contributed by atoms with van der Waals surface area (Å²) in [6.07, 6.45) is 5.33. The van der Waals surface area contributed by atoms with Gasteiger partial charge in [-0.1, -0.05) is 84.8 Å². The second kappa shape index (κ2) is 13.0. The Hall–Kier alpha value is -4.57. The van der Waals surface area contributed by atoms with E-state index in [9.17, 15) is 14.4 Å². The van der Waals surface area contributed by atoms with Gasteiger partial charge in [-0.15, -0.1) is 0 Å². The number of carbonyl (C=O) groups excluding carboxylic acids is 3. The molecule has 0 bridgehead atoms. The number of carbonyl (C=O) groups is 3. The van der Waals surface area contributed by atoms with Crippen molar-refractivity contribution in [2.45, 2.75) is 65.6 Å². The van der Waals surface area contributed by atoms with E-state index >= 15 is 0 Å². The molecule has 3 amide bonds. The number of alkyl carbamates (subject to hydrolysis) is 1. The largest absolute Gasteiger partial charge is 0.444 e. The van der Waals surface area contributed by atoms with Crippen LogP contribution in [0.4, 0.5) is 10.5 Å². The number of aryl methyl sites for hydroxylation is 3. The lowest BCUT2D eigenvalue weighted by atomic mass is 9.99. The zero-order chi connectivity index (χ0) is 29.4. The molecule has 0 fully saturated rings. The van der Waals surface area contributed by atoms with Crippen LogP contribution in [0.5, 0.6) is 0 Å². The summed E-state index contributed by atoms with van der Waals surface area (Å²) in [6, 6.07) is 22.4. The van der Waals surface area contributed by atoms with E-state index in [1.165, 1.54) is 0 Å². The highest BCUT2D eigenvalue weighted by molar-refractivity contribution is 6.00. The zero-order valence-corrected chi connectivity index (χ0v) is 23.9. The number of ether oxygens (including phenoxy) is 1. The van der Waals surface area contributed by atoms with Crippen LogP contribution in [0.25, 0.3) is 0 Å². The molecule has 0 saturated carbocycles. The molecule has 3 rings (SSSR count). The minimum absolute atomic E-state index is 0.149. The van der Waals surface area contributed by atoms with Crippen molar-refractivity contribution >= 4 is 23.6 Å². The average molecular weight is 540 g/mol. The number of hydrogen-bond donors (Lipinski definition) is 2. The van der Waals surface area contributed by atoms with Crippen LogP contribution in [0.2, 0.25) is 0 Å². The van der Waals surface area contributed by atoms with Crippen molar-refractivity contribution in [3.8, 4) is 12.5 Å². The van der Waals surface area contributed by atoms with Crippen LogP contribution in [-0.2, 0) is 20.7 Å². The monoisotopic (exact) mass is 539 g/mol. The molecular weight excluding hydrogens is 502 g/mol. The molecule has 0 aliphatic carbocycles. The third kappa shape index (κ3) is 7.97. The number of nitrogens with one attached hydrogen (secondary N) is 2. The Balaban J connectivity index is 2.03. The molecule has 2 atom stereocenters. The molecule has 0 aliphatic rings. The highest BCUT2D eigenvalue weighted by Crippen LogP contribution is 2.27. The van der Waals surface area contributed by atoms with E-state index < -0.39 is 35.6 Å². The third-order valence-electron chi connectivity index (χ3n) is 6.24. The Morgan fingerprint density at radius 3 is 2.12 bits per heavy atom. The first-order valence-corrected chi connectivity index (χ1v) is 13.2. The Bertz CT molecular complexity index is 1380. The van der Waals surface area contributed by atoms with Gasteiger partial charge < -0.3 is 15.4 Å². The first-order valence-electron chi connectivity index (χ1n) is 13.2. The number of rotatable bonds is 8. The van der Waals surface area contributed by atoms with Crippen LogP contribution in [0.3, 0.4) is 0 Å². The first-order chi connectivity index (χ1) is 18.9. The predicted octanol–water partition coefficient (Wildman–Crippen LogP) is 5.85. The van der Waals surface area contributed by atoms with Crippen molar-refractivity contribution in [1.29, 1.82) is 0 Å². The fourth-order valence-electron chi connectivity index (χ4n) is 4.39. The van der Waals surface area contributed by atoms with Gasteiger partial charge in [0, 0.05) is 18.2 Å². The highest BCUT2D eigenvalue weighted by atomic mass is 16.6. The molecule has 7 heteroatoms. The second-order valence-corrected chi connectivity index (χ2v) is 10.8. The van der Waals surface area contributed by atoms with Crippen molar-refractivity contribution in [2.75, 3.05) is 5.32 Å². The number of benzene rings is 3. The minimum Gasteiger partial charge on any atom is -0.444 e. The second-order valence-electron chi connectivity index (χ2n) is 10.8. The number of anilines is 1. The Labute approximate surface area is 236 Å². The summed E-state index contributed by atoms with van der Waals surface area (Å²) in [7, 11) is 0. The smallest absolute Gasteiger partial charge is 0.408 e. The van der Waals surface area contributed by atoms with E-state index in [2.05, 4.69) is 16.7 Å². The maximum Gasteiger partial charge on any atom is 0.408 e. The van der Waals surface area contributed by atoms with Crippen molar-refractivity contribution < 1.29 is 19.1 Å². The van der Waals surface area contributed by atoms with Crippen LogP contribution < -0.4 is 10.6 Å². The zero-order valence-electron chi connectivity index (χ0n) is 23.9. The van der Waals surface area contributed by atoms with Crippen LogP contribution >= 0.6 is 0 Å². The molecular formula is C33H37N3O4. The predicted molar refractivity (Wildman–Crippen MR) is 157 cm³/mol. The molecule has 40 heavy (non-hydrogen) atoms. The number of hydrogen-bond acceptors (Lipinski definition) is 4. The van der Waals surface area contributed by atoms with Gasteiger partial charge in [-0.05, 0) is 63.8 Å². The lowest BCUT2D eigenvalue weighted by Gasteiger charge is -2.31. The molecule has 3 aromatic rings. The highest BCUT2D eigenvalue weighted by Gasteiger charge is 2.36. The van der Waals surface area contributed by atoms with E-state index in [4.69, 9.17) is 11.2 Å². The molecule has 0 spiro atoms. The summed E-state index contributed by atoms with van der Waals surface area (Å²) in [5, 5.41) is 5.67. The normalized spacial score (nSPS) is 12.4. The number of para-hydroxylation sites is 1. The molecule has 0 radical (unpaired) electrons. The van der Waals surface area contributed by atoms with E-state index in [0.29, 0.717) is 11.3 Å². The van der Waals surface area contributed by atoms with Crippen molar-refractivity contribution in [3.05, 3.63) is 101 Å². The third-order valence-corrected chi connectivity index (χ3v) is 6.24. The maximum absolute atomic E-state index is 14.1. The van der Waals surface area contributed by atoms with Crippen LogP contribution in [0, 0.1) is 33.2 Å². The minimum atomic E-state index is -1.16. The fourth-order valence-corrected chi connectivity index (χ4v) is 4.39. The Kier molecular flexibility index (Phi) is 9.73. The summed E-state index contributed by atoms with van der Waals surface area (Å²) >= 11 is 0. The fraction of sp³-hybridized carbons (Fsp3) is 0.303. The molecule has 0 aromatic heterocycles. The summed E-state index contributed by atoms with van der Waals surface area (Å²) < 4.78 is 5.43. The SMILES string of the molecule is C#CN(C(=O)C(Cc1ccccc1)NC(=O)OC(C)(C)C)C(C(=O)Nc1c(C)cccc1C)c1cccc(C)c1. The van der Waals surface area contributed by atoms with Crippen molar-refractivity contribution in [1.82, 2.24) is 10.2 Å². The van der Waals surface area contributed by atoms with Gasteiger partial charge in [-0.25, -0.2) is 4.79 Å². The van der Waals surface area contributed by atoms with Gasteiger partial charge in [0.05, 0.1) is 0 Å². The molecule has 0 saturated heterocycles. The summed E-state index contributed by atoms with van der Waals surface area (Å²) in [5.74, 6) is -1.08. The first kappa shape index (κ1) is 30.0. The van der Waals surface area contributed by atoms with Crippen LogP contribution in [-0.4, -0.2) is 34.5 Å². The van der Waals surface area contributed by atoms with Gasteiger partial charge in [-0.3, -0.25) is 14.5 Å². The van der Waals surface area contributed by atoms with Crippen molar-refractivity contribution in [3.63, 3.8) is 0 Å². The number of nitrogens with zero attached hydrogens (tertiary/aromatic N) is 1. The summed E-state index contributed by atoms with van der Waals surface area (Å²) in [4.78, 5) is 41.8. The van der Waals surface area contributed by atoms with E-state index in [0.717, 1.165) is 27.2 Å². The molecule has 208 valence electrons. The summed E-state index contributed by atoms with van der Waals surface area (Å²) in [6.45, 7) is 10.9. The van der Waals surface area contributed by atoms with Gasteiger partial charge >= 0.3 is 6.09 Å².